The molecule has 0 aliphatic heterocycles. The molecule has 0 aromatic heterocycles. The summed E-state index contributed by atoms with van der Waals surface area (Å²) in [6.07, 6.45) is 4.56. The third kappa shape index (κ3) is 5.87. The molecular formula is C17H20BrSiZn-. The standard InChI is InChI=1S/C17H20Si.BrH.Zn/c1-18(2,17-13-7-4-8-14-17)15-9-12-16-10-5-3-6-11-16;;/h3-14H,15H2,1-2H3;1H;/p-1/b12-9+;;. The van der Waals surface area contributed by atoms with Crippen LogP contribution in [0.5, 0.6) is 0 Å². The summed E-state index contributed by atoms with van der Waals surface area (Å²) in [4.78, 5) is 0. The second kappa shape index (κ2) is 9.44. The Morgan fingerprint density at radius 2 is 1.35 bits per heavy atom. The molecule has 0 bridgehead atoms. The van der Waals surface area contributed by atoms with E-state index in [1.54, 1.807) is 0 Å². The van der Waals surface area contributed by atoms with Gasteiger partial charge in [-0.2, -0.15) is 0 Å². The van der Waals surface area contributed by atoms with Crippen molar-refractivity contribution < 1.29 is 36.5 Å². The van der Waals surface area contributed by atoms with Gasteiger partial charge >= 0.3 is 0 Å². The fourth-order valence-corrected chi connectivity index (χ4v) is 4.10. The van der Waals surface area contributed by atoms with Gasteiger partial charge in [0.2, 0.25) is 0 Å². The topological polar surface area (TPSA) is 0 Å². The molecule has 20 heavy (non-hydrogen) atoms. The summed E-state index contributed by atoms with van der Waals surface area (Å²) in [5.74, 6) is 0. The molecule has 0 spiro atoms. The first kappa shape index (κ1) is 19.5. The molecule has 0 amide bonds. The summed E-state index contributed by atoms with van der Waals surface area (Å²) in [6.45, 7) is 4.86. The van der Waals surface area contributed by atoms with E-state index in [1.165, 1.54) is 16.8 Å². The molecule has 0 aliphatic rings. The maximum atomic E-state index is 2.43. The summed E-state index contributed by atoms with van der Waals surface area (Å²) in [6, 6.07) is 22.6. The number of hydrogen-bond donors (Lipinski definition) is 0. The van der Waals surface area contributed by atoms with Gasteiger partial charge < -0.3 is 17.0 Å². The van der Waals surface area contributed by atoms with Crippen LogP contribution in [-0.4, -0.2) is 8.07 Å². The van der Waals surface area contributed by atoms with E-state index in [0.29, 0.717) is 0 Å². The molecule has 0 N–H and O–H groups in total. The van der Waals surface area contributed by atoms with Crippen LogP contribution >= 0.6 is 0 Å². The number of rotatable bonds is 4. The van der Waals surface area contributed by atoms with Crippen LogP contribution in [0.2, 0.25) is 19.1 Å². The van der Waals surface area contributed by atoms with E-state index in [9.17, 15) is 0 Å². The Morgan fingerprint density at radius 3 is 1.90 bits per heavy atom. The Hall–Kier alpha value is -0.500. The summed E-state index contributed by atoms with van der Waals surface area (Å²) < 4.78 is 0. The second-order valence-electron chi connectivity index (χ2n) is 5.27. The number of benzene rings is 2. The van der Waals surface area contributed by atoms with Crippen molar-refractivity contribution in [3.8, 4) is 0 Å². The van der Waals surface area contributed by atoms with Crippen molar-refractivity contribution in [3.05, 3.63) is 72.3 Å². The Morgan fingerprint density at radius 1 is 0.850 bits per heavy atom. The smallest absolute Gasteiger partial charge is 0.0843 e. The van der Waals surface area contributed by atoms with Crippen molar-refractivity contribution in [2.75, 3.05) is 0 Å². The summed E-state index contributed by atoms with van der Waals surface area (Å²) in [7, 11) is -1.32. The number of allylic oxidation sites excluding steroid dienone is 1. The van der Waals surface area contributed by atoms with Gasteiger partial charge in [-0.25, -0.2) is 0 Å². The van der Waals surface area contributed by atoms with Crippen molar-refractivity contribution >= 4 is 19.3 Å². The van der Waals surface area contributed by atoms with E-state index in [2.05, 4.69) is 85.9 Å². The van der Waals surface area contributed by atoms with Crippen LogP contribution in [0.3, 0.4) is 0 Å². The molecular weight excluding hydrogens is 378 g/mol. The predicted octanol–water partition coefficient (Wildman–Crippen LogP) is 1.32. The zero-order valence-electron chi connectivity index (χ0n) is 12.2. The Balaban J connectivity index is 0.00000180. The average Bonchev–Trinajstić information content (AvgIpc) is 2.41. The molecule has 0 saturated heterocycles. The van der Waals surface area contributed by atoms with Crippen molar-refractivity contribution in [2.24, 2.45) is 0 Å². The molecule has 2 aromatic rings. The molecule has 102 valence electrons. The van der Waals surface area contributed by atoms with Gasteiger partial charge in [0, 0.05) is 19.5 Å². The van der Waals surface area contributed by atoms with Gasteiger partial charge in [0.1, 0.15) is 0 Å². The van der Waals surface area contributed by atoms with Crippen LogP contribution in [0.15, 0.2) is 66.7 Å². The normalized spacial score (nSPS) is 10.7. The predicted molar refractivity (Wildman–Crippen MR) is 83.8 cm³/mol. The molecule has 0 nitrogen and oxygen atoms in total. The summed E-state index contributed by atoms with van der Waals surface area (Å²) >= 11 is 0. The van der Waals surface area contributed by atoms with Gasteiger partial charge in [0.15, 0.2) is 0 Å². The van der Waals surface area contributed by atoms with Gasteiger partial charge in [0.25, 0.3) is 0 Å². The zero-order valence-corrected chi connectivity index (χ0v) is 17.8. The number of halogens is 1. The van der Waals surface area contributed by atoms with Crippen LogP contribution in [0.25, 0.3) is 6.08 Å². The molecule has 0 unspecified atom stereocenters. The zero-order chi connectivity index (χ0) is 12.8. The monoisotopic (exact) mass is 395 g/mol. The largest absolute Gasteiger partial charge is 1.00 e. The Bertz CT molecular complexity index is 509. The quantitative estimate of drug-likeness (QED) is 0.683. The van der Waals surface area contributed by atoms with E-state index >= 15 is 0 Å². The van der Waals surface area contributed by atoms with Crippen LogP contribution in [0, 0.1) is 0 Å². The van der Waals surface area contributed by atoms with Crippen molar-refractivity contribution in [1.82, 2.24) is 0 Å². The van der Waals surface area contributed by atoms with Crippen molar-refractivity contribution in [3.63, 3.8) is 0 Å². The van der Waals surface area contributed by atoms with Gasteiger partial charge in [-0.1, -0.05) is 91.1 Å². The summed E-state index contributed by atoms with van der Waals surface area (Å²) in [5, 5.41) is 1.53. The molecule has 0 aliphatic carbocycles. The molecule has 0 fully saturated rings. The fraction of sp³-hybridized carbons (Fsp3) is 0.176. The minimum Gasteiger partial charge on any atom is -1.00 e. The first-order valence-electron chi connectivity index (χ1n) is 6.46. The van der Waals surface area contributed by atoms with E-state index in [0.717, 1.165) is 0 Å². The Labute approximate surface area is 146 Å². The van der Waals surface area contributed by atoms with E-state index < -0.39 is 8.07 Å². The van der Waals surface area contributed by atoms with Gasteiger partial charge in [-0.05, 0) is 11.6 Å². The number of hydrogen-bond acceptors (Lipinski definition) is 0. The summed E-state index contributed by atoms with van der Waals surface area (Å²) in [5.41, 5.74) is 1.29. The molecule has 0 saturated carbocycles. The van der Waals surface area contributed by atoms with E-state index in [-0.39, 0.29) is 36.5 Å². The van der Waals surface area contributed by atoms with Gasteiger partial charge in [-0.3, -0.25) is 0 Å². The average molecular weight is 398 g/mol. The van der Waals surface area contributed by atoms with Crippen LogP contribution in [-0.2, 0) is 19.5 Å². The van der Waals surface area contributed by atoms with Gasteiger partial charge in [0.05, 0.1) is 8.07 Å². The first-order valence-corrected chi connectivity index (χ1v) is 9.66. The molecule has 0 heterocycles. The molecule has 3 heteroatoms. The molecule has 0 atom stereocenters. The SMILES string of the molecule is C[Si](C)(C/C=C/c1ccccc1)c1ccccc1.[Br-].[Zn]. The molecule has 2 aromatic carbocycles. The van der Waals surface area contributed by atoms with Gasteiger partial charge in [-0.15, -0.1) is 0 Å². The third-order valence-corrected chi connectivity index (χ3v) is 6.45. The van der Waals surface area contributed by atoms with E-state index in [4.69, 9.17) is 0 Å². The van der Waals surface area contributed by atoms with Crippen molar-refractivity contribution in [1.29, 1.82) is 0 Å². The maximum Gasteiger partial charge on any atom is 0.0843 e. The first-order chi connectivity index (χ1) is 8.68. The molecule has 2 rings (SSSR count). The minimum absolute atomic E-state index is 0. The second-order valence-corrected chi connectivity index (χ2v) is 10.0. The van der Waals surface area contributed by atoms with Crippen molar-refractivity contribution in [2.45, 2.75) is 19.1 Å². The van der Waals surface area contributed by atoms with Crippen LogP contribution < -0.4 is 22.2 Å². The Kier molecular flexibility index (Phi) is 9.20. The third-order valence-electron chi connectivity index (χ3n) is 3.29. The van der Waals surface area contributed by atoms with Crippen LogP contribution in [0.1, 0.15) is 5.56 Å². The fourth-order valence-electron chi connectivity index (χ4n) is 2.06. The molecule has 0 radical (unpaired) electrons. The minimum atomic E-state index is -1.32. The van der Waals surface area contributed by atoms with E-state index in [1.807, 2.05) is 0 Å². The maximum absolute atomic E-state index is 2.43. The van der Waals surface area contributed by atoms with Crippen LogP contribution in [0.4, 0.5) is 0 Å².